The van der Waals surface area contributed by atoms with Gasteiger partial charge in [0.15, 0.2) is 5.76 Å². The van der Waals surface area contributed by atoms with Crippen LogP contribution in [0.1, 0.15) is 6.92 Å². The third-order valence-corrected chi connectivity index (χ3v) is 3.99. The van der Waals surface area contributed by atoms with Crippen molar-refractivity contribution in [2.24, 2.45) is 0 Å². The third kappa shape index (κ3) is 3.05. The predicted octanol–water partition coefficient (Wildman–Crippen LogP) is 5.01. The summed E-state index contributed by atoms with van der Waals surface area (Å²) in [5.74, 6) is 0.736. The molecule has 0 aliphatic heterocycles. The summed E-state index contributed by atoms with van der Waals surface area (Å²) in [4.78, 5) is 4.59. The highest BCUT2D eigenvalue weighted by molar-refractivity contribution is 7.99. The molecule has 0 spiro atoms. The second-order valence-electron chi connectivity index (χ2n) is 4.78. The van der Waals surface area contributed by atoms with Gasteiger partial charge < -0.3 is 4.42 Å². The van der Waals surface area contributed by atoms with Crippen LogP contribution >= 0.6 is 11.8 Å². The molecule has 108 valence electrons. The molecule has 2 aromatic carbocycles. The van der Waals surface area contributed by atoms with Crippen molar-refractivity contribution in [3.63, 3.8) is 0 Å². The van der Waals surface area contributed by atoms with Crippen molar-refractivity contribution >= 4 is 11.8 Å². The Balaban J connectivity index is 2.09. The molecule has 3 nitrogen and oxygen atoms in total. The molecule has 1 aromatic heterocycles. The lowest BCUT2D eigenvalue weighted by atomic mass is 10.1. The fourth-order valence-electron chi connectivity index (χ4n) is 2.11. The molecular weight excluding hydrogens is 292 g/mol. The first-order chi connectivity index (χ1) is 10.8. The minimum absolute atomic E-state index is 0.203. The second kappa shape index (κ2) is 6.50. The fourth-order valence-corrected chi connectivity index (χ4v) is 2.74. The molecular formula is C18H14N2OS. The van der Waals surface area contributed by atoms with Gasteiger partial charge in [-0.2, -0.15) is 5.26 Å². The van der Waals surface area contributed by atoms with Crippen LogP contribution in [0.5, 0.6) is 0 Å². The van der Waals surface area contributed by atoms with E-state index in [9.17, 15) is 0 Å². The van der Waals surface area contributed by atoms with E-state index in [4.69, 9.17) is 9.68 Å². The molecule has 0 bridgehead atoms. The number of aromatic nitrogens is 1. The van der Waals surface area contributed by atoms with Crippen molar-refractivity contribution in [1.82, 2.24) is 4.98 Å². The largest absolute Gasteiger partial charge is 0.431 e. The predicted molar refractivity (Wildman–Crippen MR) is 88.3 cm³/mol. The number of benzene rings is 2. The maximum absolute atomic E-state index is 8.97. The zero-order valence-electron chi connectivity index (χ0n) is 12.1. The molecule has 0 aliphatic carbocycles. The normalized spacial score (nSPS) is 11.8. The van der Waals surface area contributed by atoms with Gasteiger partial charge >= 0.3 is 0 Å². The molecule has 1 heterocycles. The Morgan fingerprint density at radius 3 is 2.18 bits per heavy atom. The van der Waals surface area contributed by atoms with Crippen molar-refractivity contribution in [3.05, 3.63) is 60.7 Å². The van der Waals surface area contributed by atoms with Gasteiger partial charge in [0.1, 0.15) is 5.69 Å². The molecule has 3 rings (SSSR count). The van der Waals surface area contributed by atoms with Crippen molar-refractivity contribution < 1.29 is 4.42 Å². The first-order valence-corrected chi connectivity index (χ1v) is 7.84. The van der Waals surface area contributed by atoms with Crippen LogP contribution in [0.15, 0.2) is 70.3 Å². The second-order valence-corrected chi connectivity index (χ2v) is 6.07. The summed E-state index contributed by atoms with van der Waals surface area (Å²) >= 11 is 1.33. The first-order valence-electron chi connectivity index (χ1n) is 6.96. The van der Waals surface area contributed by atoms with Crippen LogP contribution in [-0.4, -0.2) is 10.2 Å². The topological polar surface area (TPSA) is 49.8 Å². The number of nitrogens with zero attached hydrogens (tertiary/aromatic N) is 2. The van der Waals surface area contributed by atoms with E-state index in [-0.39, 0.29) is 5.25 Å². The van der Waals surface area contributed by atoms with Gasteiger partial charge in [0.2, 0.25) is 0 Å². The van der Waals surface area contributed by atoms with Crippen LogP contribution in [0.25, 0.3) is 22.6 Å². The molecule has 0 radical (unpaired) electrons. The van der Waals surface area contributed by atoms with Gasteiger partial charge in [0.05, 0.1) is 11.3 Å². The summed E-state index contributed by atoms with van der Waals surface area (Å²) in [6.45, 7) is 1.83. The molecule has 0 saturated carbocycles. The number of thioether (sulfide) groups is 1. The van der Waals surface area contributed by atoms with Crippen LogP contribution in [0.2, 0.25) is 0 Å². The lowest BCUT2D eigenvalue weighted by Gasteiger charge is -2.00. The molecule has 0 aliphatic rings. The zero-order valence-corrected chi connectivity index (χ0v) is 12.9. The van der Waals surface area contributed by atoms with E-state index in [0.29, 0.717) is 5.22 Å². The van der Waals surface area contributed by atoms with E-state index in [1.807, 2.05) is 67.6 Å². The van der Waals surface area contributed by atoms with E-state index >= 15 is 0 Å². The number of oxazole rings is 1. The number of hydrogen-bond donors (Lipinski definition) is 0. The molecule has 0 fully saturated rings. The van der Waals surface area contributed by atoms with Gasteiger partial charge in [-0.25, -0.2) is 4.98 Å². The highest BCUT2D eigenvalue weighted by Gasteiger charge is 2.18. The average molecular weight is 306 g/mol. The van der Waals surface area contributed by atoms with Gasteiger partial charge in [-0.3, -0.25) is 0 Å². The lowest BCUT2D eigenvalue weighted by molar-refractivity contribution is 0.466. The van der Waals surface area contributed by atoms with Crippen LogP contribution in [0.3, 0.4) is 0 Å². The minimum Gasteiger partial charge on any atom is -0.431 e. The standard InChI is InChI=1S/C18H14N2OS/c1-13(12-19)22-18-20-16(14-8-4-2-5-9-14)17(21-18)15-10-6-3-7-11-15/h2-11,13H,1H3/t13-/m0/s1. The lowest BCUT2D eigenvalue weighted by Crippen LogP contribution is -1.89. The van der Waals surface area contributed by atoms with Gasteiger partial charge in [-0.1, -0.05) is 60.7 Å². The molecule has 0 N–H and O–H groups in total. The summed E-state index contributed by atoms with van der Waals surface area (Å²) in [7, 11) is 0. The maximum atomic E-state index is 8.97. The summed E-state index contributed by atoms with van der Waals surface area (Å²) < 4.78 is 5.93. The van der Waals surface area contributed by atoms with Gasteiger partial charge in [-0.15, -0.1) is 0 Å². The van der Waals surface area contributed by atoms with Gasteiger partial charge in [-0.05, 0) is 18.7 Å². The summed E-state index contributed by atoms with van der Waals surface area (Å²) in [5.41, 5.74) is 2.78. The Hall–Kier alpha value is -2.51. The Kier molecular flexibility index (Phi) is 4.27. The highest BCUT2D eigenvalue weighted by atomic mass is 32.2. The SMILES string of the molecule is C[C@@H](C#N)Sc1nc(-c2ccccc2)c(-c2ccccc2)o1. The van der Waals surface area contributed by atoms with E-state index < -0.39 is 0 Å². The zero-order chi connectivity index (χ0) is 15.4. The molecule has 22 heavy (non-hydrogen) atoms. The van der Waals surface area contributed by atoms with Gasteiger partial charge in [0, 0.05) is 11.1 Å². The Bertz CT molecular complexity index is 734. The number of hydrogen-bond acceptors (Lipinski definition) is 4. The van der Waals surface area contributed by atoms with E-state index in [1.165, 1.54) is 11.8 Å². The van der Waals surface area contributed by atoms with E-state index in [1.54, 1.807) is 0 Å². The fraction of sp³-hybridized carbons (Fsp3) is 0.111. The number of nitriles is 1. The van der Waals surface area contributed by atoms with Crippen molar-refractivity contribution in [1.29, 1.82) is 5.26 Å². The van der Waals surface area contributed by atoms with Crippen molar-refractivity contribution in [2.45, 2.75) is 17.4 Å². The van der Waals surface area contributed by atoms with Crippen LogP contribution in [0.4, 0.5) is 0 Å². The summed E-state index contributed by atoms with van der Waals surface area (Å²) in [5, 5.41) is 9.28. The smallest absolute Gasteiger partial charge is 0.258 e. The average Bonchev–Trinajstić information content (AvgIpc) is 3.00. The summed E-state index contributed by atoms with van der Waals surface area (Å²) in [6.07, 6.45) is 0. The molecule has 3 aromatic rings. The molecule has 0 unspecified atom stereocenters. The van der Waals surface area contributed by atoms with Gasteiger partial charge in [0.25, 0.3) is 5.22 Å². The quantitative estimate of drug-likeness (QED) is 0.635. The molecule has 0 saturated heterocycles. The molecule has 4 heteroatoms. The third-order valence-electron chi connectivity index (χ3n) is 3.15. The van der Waals surface area contributed by atoms with Crippen LogP contribution < -0.4 is 0 Å². The van der Waals surface area contributed by atoms with Crippen molar-refractivity contribution in [3.8, 4) is 28.7 Å². The number of rotatable bonds is 4. The van der Waals surface area contributed by atoms with Crippen LogP contribution in [0, 0.1) is 11.3 Å². The van der Waals surface area contributed by atoms with Crippen LogP contribution in [-0.2, 0) is 0 Å². The summed E-state index contributed by atoms with van der Waals surface area (Å²) in [6, 6.07) is 22.0. The Morgan fingerprint density at radius 2 is 1.59 bits per heavy atom. The van der Waals surface area contributed by atoms with Crippen molar-refractivity contribution in [2.75, 3.05) is 0 Å². The van der Waals surface area contributed by atoms with E-state index in [2.05, 4.69) is 11.1 Å². The van der Waals surface area contributed by atoms with E-state index in [0.717, 1.165) is 22.6 Å². The monoisotopic (exact) mass is 306 g/mol. The Morgan fingerprint density at radius 1 is 1.00 bits per heavy atom. The first kappa shape index (κ1) is 14.4. The Labute approximate surface area is 133 Å². The molecule has 0 amide bonds. The maximum Gasteiger partial charge on any atom is 0.258 e. The molecule has 1 atom stereocenters. The highest BCUT2D eigenvalue weighted by Crippen LogP contribution is 2.36. The minimum atomic E-state index is -0.203.